The first kappa shape index (κ1) is 16.5. The van der Waals surface area contributed by atoms with Crippen LogP contribution in [0.2, 0.25) is 0 Å². The van der Waals surface area contributed by atoms with Gasteiger partial charge in [0.05, 0.1) is 12.5 Å². The molecule has 1 aliphatic heterocycles. The Morgan fingerprint density at radius 1 is 1.27 bits per heavy atom. The van der Waals surface area contributed by atoms with Crippen molar-refractivity contribution >= 4 is 11.8 Å². The van der Waals surface area contributed by atoms with E-state index in [1.165, 1.54) is 5.56 Å². The number of benzene rings is 1. The Bertz CT molecular complexity index is 538. The van der Waals surface area contributed by atoms with E-state index in [0.717, 1.165) is 24.8 Å². The molecule has 0 saturated carbocycles. The smallest absolute Gasteiger partial charge is 0.222 e. The number of nitrogens with zero attached hydrogens (tertiary/aromatic N) is 1. The molecule has 4 heteroatoms. The van der Waals surface area contributed by atoms with Crippen LogP contribution in [0.1, 0.15) is 57.2 Å². The summed E-state index contributed by atoms with van der Waals surface area (Å²) >= 11 is 0. The summed E-state index contributed by atoms with van der Waals surface area (Å²) in [6.45, 7) is 6.42. The lowest BCUT2D eigenvalue weighted by Gasteiger charge is -2.36. The summed E-state index contributed by atoms with van der Waals surface area (Å²) < 4.78 is 0. The topological polar surface area (TPSA) is 49.4 Å². The van der Waals surface area contributed by atoms with E-state index in [4.69, 9.17) is 0 Å². The summed E-state index contributed by atoms with van der Waals surface area (Å²) in [6, 6.07) is 8.21. The molecule has 0 radical (unpaired) electrons. The van der Waals surface area contributed by atoms with E-state index in [0.29, 0.717) is 13.0 Å². The molecule has 0 spiro atoms. The van der Waals surface area contributed by atoms with Gasteiger partial charge in [-0.1, -0.05) is 38.1 Å². The van der Waals surface area contributed by atoms with Gasteiger partial charge in [0.25, 0.3) is 0 Å². The summed E-state index contributed by atoms with van der Waals surface area (Å²) in [5, 5.41) is 3.08. The average Bonchev–Trinajstić information content (AvgIpc) is 2.52. The van der Waals surface area contributed by atoms with Gasteiger partial charge >= 0.3 is 0 Å². The first-order valence-corrected chi connectivity index (χ1v) is 8.21. The van der Waals surface area contributed by atoms with Crippen molar-refractivity contribution in [3.63, 3.8) is 0 Å². The largest absolute Gasteiger partial charge is 0.353 e. The Hall–Kier alpha value is -1.84. The lowest BCUT2D eigenvalue weighted by atomic mass is 9.90. The highest BCUT2D eigenvalue weighted by Gasteiger charge is 2.30. The quantitative estimate of drug-likeness (QED) is 0.909. The Kier molecular flexibility index (Phi) is 5.58. The number of fused-ring (bicyclic) bond motifs is 1. The maximum absolute atomic E-state index is 12.4. The molecule has 1 aromatic rings. The van der Waals surface area contributed by atoms with Crippen molar-refractivity contribution in [2.45, 2.75) is 58.5 Å². The maximum atomic E-state index is 12.4. The second-order valence-electron chi connectivity index (χ2n) is 5.96. The minimum absolute atomic E-state index is 0.0293. The van der Waals surface area contributed by atoms with Crippen molar-refractivity contribution in [2.75, 3.05) is 6.54 Å². The van der Waals surface area contributed by atoms with Crippen LogP contribution >= 0.6 is 0 Å². The van der Waals surface area contributed by atoms with E-state index in [2.05, 4.69) is 25.2 Å². The van der Waals surface area contributed by atoms with Gasteiger partial charge in [0.15, 0.2) is 0 Å². The first-order chi connectivity index (χ1) is 10.6. The van der Waals surface area contributed by atoms with Crippen molar-refractivity contribution in [2.24, 2.45) is 0 Å². The van der Waals surface area contributed by atoms with Crippen LogP contribution in [0.4, 0.5) is 0 Å². The molecular formula is C18H26N2O2. The Balaban J connectivity index is 2.17. The molecule has 1 N–H and O–H groups in total. The predicted molar refractivity (Wildman–Crippen MR) is 87.4 cm³/mol. The van der Waals surface area contributed by atoms with Gasteiger partial charge in [-0.15, -0.1) is 0 Å². The monoisotopic (exact) mass is 302 g/mol. The van der Waals surface area contributed by atoms with Crippen molar-refractivity contribution in [3.05, 3.63) is 35.4 Å². The summed E-state index contributed by atoms with van der Waals surface area (Å²) in [7, 11) is 0. The molecule has 2 amide bonds. The average molecular weight is 302 g/mol. The molecular weight excluding hydrogens is 276 g/mol. The number of carbonyl (C=O) groups excluding carboxylic acids is 2. The van der Waals surface area contributed by atoms with Crippen LogP contribution in [-0.2, 0) is 16.0 Å². The molecule has 1 aromatic carbocycles. The molecule has 1 heterocycles. The zero-order chi connectivity index (χ0) is 16.1. The van der Waals surface area contributed by atoms with Crippen molar-refractivity contribution in [3.8, 4) is 0 Å². The predicted octanol–water partition coefficient (Wildman–Crippen LogP) is 2.83. The van der Waals surface area contributed by atoms with E-state index >= 15 is 0 Å². The summed E-state index contributed by atoms with van der Waals surface area (Å²) in [5.74, 6) is 0.0662. The molecule has 0 bridgehead atoms. The van der Waals surface area contributed by atoms with Gasteiger partial charge in [-0.25, -0.2) is 0 Å². The second kappa shape index (κ2) is 7.43. The molecule has 1 aliphatic rings. The first-order valence-electron chi connectivity index (χ1n) is 8.21. The van der Waals surface area contributed by atoms with Crippen LogP contribution in [0.15, 0.2) is 24.3 Å². The highest BCUT2D eigenvalue weighted by molar-refractivity contribution is 5.79. The molecule has 22 heavy (non-hydrogen) atoms. The lowest BCUT2D eigenvalue weighted by Crippen LogP contribution is -2.42. The zero-order valence-corrected chi connectivity index (χ0v) is 13.8. The van der Waals surface area contributed by atoms with Gasteiger partial charge in [0, 0.05) is 19.5 Å². The Morgan fingerprint density at radius 2 is 1.95 bits per heavy atom. The van der Waals surface area contributed by atoms with Crippen LogP contribution in [0, 0.1) is 0 Å². The van der Waals surface area contributed by atoms with Crippen molar-refractivity contribution < 1.29 is 9.59 Å². The van der Waals surface area contributed by atoms with E-state index in [1.807, 2.05) is 23.1 Å². The van der Waals surface area contributed by atoms with Crippen LogP contribution in [0.5, 0.6) is 0 Å². The standard InChI is InChI=1S/C18H26N2O2/c1-4-15(5-2)19-18(22)12-17-16-9-7-6-8-14(16)10-11-20(17)13(3)21/h6-9,15,17H,4-5,10-12H2,1-3H3,(H,19,22). The SMILES string of the molecule is CCC(CC)NC(=O)CC1c2ccccc2CCN1C(C)=O. The third-order valence-corrected chi connectivity index (χ3v) is 4.55. The van der Waals surface area contributed by atoms with Crippen LogP contribution in [0.25, 0.3) is 0 Å². The van der Waals surface area contributed by atoms with Gasteiger partial charge in [-0.2, -0.15) is 0 Å². The van der Waals surface area contributed by atoms with Crippen LogP contribution < -0.4 is 5.32 Å². The second-order valence-corrected chi connectivity index (χ2v) is 5.96. The molecule has 4 nitrogen and oxygen atoms in total. The molecule has 0 aromatic heterocycles. The van der Waals surface area contributed by atoms with Gasteiger partial charge in [0.1, 0.15) is 0 Å². The fourth-order valence-corrected chi connectivity index (χ4v) is 3.20. The Morgan fingerprint density at radius 3 is 2.59 bits per heavy atom. The minimum Gasteiger partial charge on any atom is -0.353 e. The number of hydrogen-bond donors (Lipinski definition) is 1. The molecule has 0 fully saturated rings. The van der Waals surface area contributed by atoms with E-state index < -0.39 is 0 Å². The number of amides is 2. The highest BCUT2D eigenvalue weighted by Crippen LogP contribution is 2.32. The van der Waals surface area contributed by atoms with Gasteiger partial charge in [-0.05, 0) is 30.4 Å². The summed E-state index contributed by atoms with van der Waals surface area (Å²) in [5.41, 5.74) is 2.36. The van der Waals surface area contributed by atoms with E-state index in [9.17, 15) is 9.59 Å². The fraction of sp³-hybridized carbons (Fsp3) is 0.556. The molecule has 1 atom stereocenters. The fourth-order valence-electron chi connectivity index (χ4n) is 3.20. The molecule has 0 saturated heterocycles. The maximum Gasteiger partial charge on any atom is 0.222 e. The normalized spacial score (nSPS) is 17.3. The van der Waals surface area contributed by atoms with E-state index in [1.54, 1.807) is 6.92 Å². The molecule has 0 aliphatic carbocycles. The third kappa shape index (κ3) is 3.67. The van der Waals surface area contributed by atoms with Crippen molar-refractivity contribution in [1.82, 2.24) is 10.2 Å². The minimum atomic E-state index is -0.142. The van der Waals surface area contributed by atoms with Gasteiger partial charge in [0.2, 0.25) is 11.8 Å². The summed E-state index contributed by atoms with van der Waals surface area (Å²) in [6.07, 6.45) is 3.06. The van der Waals surface area contributed by atoms with Gasteiger partial charge in [-0.3, -0.25) is 9.59 Å². The molecule has 1 unspecified atom stereocenters. The molecule has 120 valence electrons. The highest BCUT2D eigenvalue weighted by atomic mass is 16.2. The number of nitrogens with one attached hydrogen (secondary N) is 1. The van der Waals surface area contributed by atoms with Crippen molar-refractivity contribution in [1.29, 1.82) is 0 Å². The molecule has 2 rings (SSSR count). The van der Waals surface area contributed by atoms with E-state index in [-0.39, 0.29) is 23.9 Å². The summed E-state index contributed by atoms with van der Waals surface area (Å²) in [4.78, 5) is 26.1. The lowest BCUT2D eigenvalue weighted by molar-refractivity contribution is -0.133. The van der Waals surface area contributed by atoms with Gasteiger partial charge < -0.3 is 10.2 Å². The number of hydrogen-bond acceptors (Lipinski definition) is 2. The van der Waals surface area contributed by atoms with Crippen LogP contribution in [0.3, 0.4) is 0 Å². The third-order valence-electron chi connectivity index (χ3n) is 4.55. The zero-order valence-electron chi connectivity index (χ0n) is 13.8. The van der Waals surface area contributed by atoms with Crippen LogP contribution in [-0.4, -0.2) is 29.3 Å². The Labute approximate surface area is 132 Å². The number of carbonyl (C=O) groups is 2. The number of rotatable bonds is 5.